The van der Waals surface area contributed by atoms with Crippen LogP contribution in [-0.2, 0) is 26.2 Å². The Morgan fingerprint density at radius 1 is 1.19 bits per heavy atom. The first kappa shape index (κ1) is 15.8. The predicted molar refractivity (Wildman–Crippen MR) is 81.6 cm³/mol. The molecule has 0 amide bonds. The van der Waals surface area contributed by atoms with E-state index < -0.39 is 19.7 Å². The second-order valence-corrected chi connectivity index (χ2v) is 9.25. The number of rotatable bonds is 5. The summed E-state index contributed by atoms with van der Waals surface area (Å²) in [5, 5.41) is 0. The van der Waals surface area contributed by atoms with Crippen LogP contribution in [0.1, 0.15) is 6.42 Å². The third-order valence-corrected chi connectivity index (χ3v) is 5.23. The van der Waals surface area contributed by atoms with Crippen LogP contribution in [0.15, 0.2) is 23.1 Å². The van der Waals surface area contributed by atoms with Crippen molar-refractivity contribution in [2.45, 2.75) is 17.9 Å². The fourth-order valence-corrected chi connectivity index (χ4v) is 3.64. The number of aryl methyl sites for hydroxylation is 1. The molecule has 1 aromatic heterocycles. The van der Waals surface area contributed by atoms with Crippen LogP contribution in [0.4, 0.5) is 5.95 Å². The number of sulfone groups is 2. The molecule has 0 radical (unpaired) electrons. The van der Waals surface area contributed by atoms with Crippen LogP contribution < -0.4 is 5.73 Å². The molecular weight excluding hydrogens is 314 g/mol. The van der Waals surface area contributed by atoms with Gasteiger partial charge in [0.25, 0.3) is 0 Å². The van der Waals surface area contributed by atoms with Crippen molar-refractivity contribution in [1.82, 2.24) is 9.55 Å². The number of para-hydroxylation sites is 1. The number of imidazole rings is 1. The van der Waals surface area contributed by atoms with Gasteiger partial charge in [0.15, 0.2) is 9.84 Å². The van der Waals surface area contributed by atoms with Gasteiger partial charge in [0.1, 0.15) is 15.4 Å². The Morgan fingerprint density at radius 3 is 2.43 bits per heavy atom. The molecule has 0 fully saturated rings. The first-order valence-electron chi connectivity index (χ1n) is 6.22. The van der Waals surface area contributed by atoms with Gasteiger partial charge in [-0.15, -0.1) is 0 Å². The van der Waals surface area contributed by atoms with Crippen LogP contribution >= 0.6 is 0 Å². The van der Waals surface area contributed by atoms with Crippen molar-refractivity contribution in [3.8, 4) is 0 Å². The molecule has 2 aromatic rings. The summed E-state index contributed by atoms with van der Waals surface area (Å²) in [7, 11) is -6.45. The van der Waals surface area contributed by atoms with E-state index in [1.54, 1.807) is 16.7 Å². The van der Waals surface area contributed by atoms with Crippen molar-refractivity contribution < 1.29 is 16.8 Å². The minimum Gasteiger partial charge on any atom is -0.369 e. The van der Waals surface area contributed by atoms with Gasteiger partial charge in [-0.3, -0.25) is 0 Å². The van der Waals surface area contributed by atoms with Crippen LogP contribution in [0.3, 0.4) is 0 Å². The lowest BCUT2D eigenvalue weighted by molar-refractivity contribution is 0.593. The highest BCUT2D eigenvalue weighted by Gasteiger charge is 2.17. The highest BCUT2D eigenvalue weighted by atomic mass is 32.2. The van der Waals surface area contributed by atoms with Crippen molar-refractivity contribution in [1.29, 1.82) is 0 Å². The number of fused-ring (bicyclic) bond motifs is 1. The van der Waals surface area contributed by atoms with Crippen LogP contribution in [0, 0.1) is 0 Å². The summed E-state index contributed by atoms with van der Waals surface area (Å²) in [6.07, 6.45) is 2.67. The molecule has 116 valence electrons. The lowest BCUT2D eigenvalue weighted by atomic mass is 10.3. The molecule has 21 heavy (non-hydrogen) atoms. The SMILES string of the molecule is CS(=O)(=O)CCCn1c(N)nc2c(S(C)(=O)=O)cccc21. The van der Waals surface area contributed by atoms with E-state index in [0.29, 0.717) is 24.0 Å². The number of nitrogens with two attached hydrogens (primary N) is 1. The Kier molecular flexibility index (Phi) is 3.98. The topological polar surface area (TPSA) is 112 Å². The molecule has 0 atom stereocenters. The molecule has 0 spiro atoms. The lowest BCUT2D eigenvalue weighted by Crippen LogP contribution is -2.09. The molecule has 2 N–H and O–H groups in total. The summed E-state index contributed by atoms with van der Waals surface area (Å²) in [5.74, 6) is 0.215. The van der Waals surface area contributed by atoms with E-state index in [9.17, 15) is 16.8 Å². The van der Waals surface area contributed by atoms with Gasteiger partial charge in [-0.05, 0) is 18.6 Å². The smallest absolute Gasteiger partial charge is 0.201 e. The van der Waals surface area contributed by atoms with Crippen LogP contribution in [0.25, 0.3) is 11.0 Å². The van der Waals surface area contributed by atoms with E-state index >= 15 is 0 Å². The summed E-state index contributed by atoms with van der Waals surface area (Å²) in [4.78, 5) is 4.23. The molecule has 1 aromatic carbocycles. The maximum absolute atomic E-state index is 11.7. The molecular formula is C12H17N3O4S2. The highest BCUT2D eigenvalue weighted by molar-refractivity contribution is 7.91. The second-order valence-electron chi connectivity index (χ2n) is 5.00. The fourth-order valence-electron chi connectivity index (χ4n) is 2.16. The van der Waals surface area contributed by atoms with Crippen molar-refractivity contribution in [3.05, 3.63) is 18.2 Å². The van der Waals surface area contributed by atoms with Gasteiger partial charge >= 0.3 is 0 Å². The summed E-state index contributed by atoms with van der Waals surface area (Å²) in [6.45, 7) is 0.364. The summed E-state index contributed by atoms with van der Waals surface area (Å²) < 4.78 is 47.4. The number of aromatic nitrogens is 2. The van der Waals surface area contributed by atoms with E-state index in [4.69, 9.17) is 5.73 Å². The van der Waals surface area contributed by atoms with E-state index in [-0.39, 0.29) is 16.6 Å². The van der Waals surface area contributed by atoms with Crippen molar-refractivity contribution >= 4 is 36.7 Å². The van der Waals surface area contributed by atoms with E-state index in [1.807, 2.05) is 0 Å². The molecule has 0 unspecified atom stereocenters. The number of nitrogens with zero attached hydrogens (tertiary/aromatic N) is 2. The Balaban J connectivity index is 2.45. The second kappa shape index (κ2) is 5.30. The van der Waals surface area contributed by atoms with E-state index in [2.05, 4.69) is 4.98 Å². The van der Waals surface area contributed by atoms with E-state index in [0.717, 1.165) is 6.26 Å². The quantitative estimate of drug-likeness (QED) is 0.851. The maximum Gasteiger partial charge on any atom is 0.201 e. The van der Waals surface area contributed by atoms with Crippen molar-refractivity contribution in [2.24, 2.45) is 0 Å². The van der Waals surface area contributed by atoms with Gasteiger partial charge in [-0.2, -0.15) is 0 Å². The average Bonchev–Trinajstić information content (AvgIpc) is 2.63. The number of hydrogen-bond acceptors (Lipinski definition) is 6. The fraction of sp³-hybridized carbons (Fsp3) is 0.417. The largest absolute Gasteiger partial charge is 0.369 e. The zero-order chi connectivity index (χ0) is 15.8. The molecule has 7 nitrogen and oxygen atoms in total. The highest BCUT2D eigenvalue weighted by Crippen LogP contribution is 2.25. The zero-order valence-corrected chi connectivity index (χ0v) is 13.4. The van der Waals surface area contributed by atoms with Crippen LogP contribution in [0.2, 0.25) is 0 Å². The minimum absolute atomic E-state index is 0.0396. The summed E-state index contributed by atoms with van der Waals surface area (Å²) >= 11 is 0. The molecule has 0 saturated heterocycles. The minimum atomic E-state index is -3.40. The maximum atomic E-state index is 11.7. The van der Waals surface area contributed by atoms with Crippen LogP contribution in [0.5, 0.6) is 0 Å². The molecule has 0 aliphatic carbocycles. The lowest BCUT2D eigenvalue weighted by Gasteiger charge is -2.06. The number of benzene rings is 1. The Labute approximate surface area is 123 Å². The predicted octanol–water partition coefficient (Wildman–Crippen LogP) is 0.457. The van der Waals surface area contributed by atoms with Crippen molar-refractivity contribution in [3.63, 3.8) is 0 Å². The van der Waals surface area contributed by atoms with Gasteiger partial charge in [-0.1, -0.05) is 6.07 Å². The van der Waals surface area contributed by atoms with Gasteiger partial charge in [-0.25, -0.2) is 21.8 Å². The molecule has 1 heterocycles. The van der Waals surface area contributed by atoms with Gasteiger partial charge in [0, 0.05) is 19.1 Å². The molecule has 2 rings (SSSR count). The average molecular weight is 331 g/mol. The van der Waals surface area contributed by atoms with Crippen molar-refractivity contribution in [2.75, 3.05) is 24.0 Å². The first-order valence-corrected chi connectivity index (χ1v) is 10.2. The van der Waals surface area contributed by atoms with Gasteiger partial charge in [0.2, 0.25) is 5.95 Å². The van der Waals surface area contributed by atoms with Crippen LogP contribution in [-0.4, -0.2) is 44.7 Å². The molecule has 9 heteroatoms. The summed E-state index contributed by atoms with van der Waals surface area (Å²) in [5.41, 5.74) is 6.73. The van der Waals surface area contributed by atoms with E-state index in [1.165, 1.54) is 12.3 Å². The Bertz CT molecular complexity index is 883. The third-order valence-electron chi connectivity index (χ3n) is 3.07. The number of hydrogen-bond donors (Lipinski definition) is 1. The molecule has 0 bridgehead atoms. The third kappa shape index (κ3) is 3.53. The monoisotopic (exact) mass is 331 g/mol. The van der Waals surface area contributed by atoms with Gasteiger partial charge < -0.3 is 10.3 Å². The Hall–Kier alpha value is -1.61. The normalized spacial score (nSPS) is 12.9. The summed E-state index contributed by atoms with van der Waals surface area (Å²) in [6, 6.07) is 4.81. The first-order chi connectivity index (χ1) is 9.59. The molecule has 0 aliphatic heterocycles. The standard InChI is InChI=1S/C12H17N3O4S2/c1-20(16,17)8-4-7-15-9-5-3-6-10(21(2,18)19)11(9)14-12(15)13/h3,5-6H,4,7-8H2,1-2H3,(H2,13,14). The van der Waals surface area contributed by atoms with Gasteiger partial charge in [0.05, 0.1) is 16.2 Å². The Morgan fingerprint density at radius 2 is 1.86 bits per heavy atom. The number of nitrogen functional groups attached to an aromatic ring is 1. The molecule has 0 aliphatic rings. The molecule has 0 saturated carbocycles. The zero-order valence-electron chi connectivity index (χ0n) is 11.8. The number of anilines is 1.